The Labute approximate surface area is 181 Å². The van der Waals surface area contributed by atoms with Crippen LogP contribution < -0.4 is 5.32 Å². The lowest BCUT2D eigenvalue weighted by Gasteiger charge is -2.31. The maximum Gasteiger partial charge on any atom is 0.276 e. The number of anilines is 1. The molecule has 0 aromatic heterocycles. The quantitative estimate of drug-likeness (QED) is 0.612. The maximum atomic E-state index is 12.3. The van der Waals surface area contributed by atoms with E-state index in [4.69, 9.17) is 4.74 Å². The molecule has 0 atom stereocenters. The van der Waals surface area contributed by atoms with Gasteiger partial charge in [-0.25, -0.2) is 0 Å². The summed E-state index contributed by atoms with van der Waals surface area (Å²) >= 11 is 0. The number of carbonyl (C=O) groups is 1. The summed E-state index contributed by atoms with van der Waals surface area (Å²) in [4.78, 5) is 14.7. The first kappa shape index (κ1) is 19.5. The zero-order valence-corrected chi connectivity index (χ0v) is 17.3. The predicted octanol–water partition coefficient (Wildman–Crippen LogP) is 3.88. The molecule has 1 fully saturated rings. The molecule has 6 heteroatoms. The number of amides is 1. The van der Waals surface area contributed by atoms with Gasteiger partial charge in [0.2, 0.25) is 0 Å². The number of fused-ring (bicyclic) bond motifs is 1. The largest absolute Gasteiger partial charge is 0.378 e. The van der Waals surface area contributed by atoms with E-state index in [9.17, 15) is 4.79 Å². The van der Waals surface area contributed by atoms with Crippen molar-refractivity contribution in [1.82, 2.24) is 4.90 Å². The topological polar surface area (TPSA) is 66.3 Å². The molecule has 0 unspecified atom stereocenters. The molecule has 2 aliphatic heterocycles. The van der Waals surface area contributed by atoms with Crippen LogP contribution in [0.25, 0.3) is 6.08 Å². The molecule has 1 N–H and O–H groups in total. The van der Waals surface area contributed by atoms with Gasteiger partial charge in [0, 0.05) is 24.4 Å². The van der Waals surface area contributed by atoms with Gasteiger partial charge in [-0.3, -0.25) is 4.79 Å². The van der Waals surface area contributed by atoms with Crippen LogP contribution in [0, 0.1) is 0 Å². The van der Waals surface area contributed by atoms with E-state index in [-0.39, 0.29) is 5.91 Å². The molecule has 1 saturated heterocycles. The molecule has 2 aromatic carbocycles. The van der Waals surface area contributed by atoms with Crippen LogP contribution in [0.3, 0.4) is 0 Å². The average Bonchev–Trinajstić information content (AvgIpc) is 3.35. The number of nitrogens with zero attached hydrogens (tertiary/aromatic N) is 3. The summed E-state index contributed by atoms with van der Waals surface area (Å²) in [6.07, 6.45) is 5.95. The van der Waals surface area contributed by atoms with Gasteiger partial charge in [-0.1, -0.05) is 48.5 Å². The SMILES string of the molecule is O=C1Nc2ccccc2/C1=N/N=C\C1=C(N2CCOCC2)C(=Cc2ccccc2)CC1. The Bertz CT molecular complexity index is 1110. The third-order valence-electron chi connectivity index (χ3n) is 5.76. The number of benzene rings is 2. The van der Waals surface area contributed by atoms with Gasteiger partial charge in [-0.2, -0.15) is 5.10 Å². The number of hydrogen-bond donors (Lipinski definition) is 1. The van der Waals surface area contributed by atoms with Crippen LogP contribution in [0.5, 0.6) is 0 Å². The molecule has 2 aromatic rings. The van der Waals surface area contributed by atoms with Crippen molar-refractivity contribution in [3.05, 3.63) is 82.6 Å². The van der Waals surface area contributed by atoms with Crippen molar-refractivity contribution in [2.75, 3.05) is 31.6 Å². The fraction of sp³-hybridized carbons (Fsp3) is 0.240. The third kappa shape index (κ3) is 4.07. The fourth-order valence-corrected chi connectivity index (χ4v) is 4.28. The van der Waals surface area contributed by atoms with Crippen molar-refractivity contribution in [3.63, 3.8) is 0 Å². The van der Waals surface area contributed by atoms with Crippen LogP contribution in [0.15, 0.2) is 81.6 Å². The van der Waals surface area contributed by atoms with Gasteiger partial charge in [-0.05, 0) is 41.7 Å². The molecular weight excluding hydrogens is 388 g/mol. The van der Waals surface area contributed by atoms with E-state index in [0.717, 1.165) is 56.0 Å². The summed E-state index contributed by atoms with van der Waals surface area (Å²) in [6.45, 7) is 3.18. The van der Waals surface area contributed by atoms with Gasteiger partial charge in [-0.15, -0.1) is 5.10 Å². The number of nitrogens with one attached hydrogen (secondary N) is 1. The molecule has 0 spiro atoms. The second-order valence-corrected chi connectivity index (χ2v) is 7.75. The highest BCUT2D eigenvalue weighted by Crippen LogP contribution is 2.35. The third-order valence-corrected chi connectivity index (χ3v) is 5.76. The van der Waals surface area contributed by atoms with Crippen LogP contribution >= 0.6 is 0 Å². The first-order valence-electron chi connectivity index (χ1n) is 10.6. The van der Waals surface area contributed by atoms with Gasteiger partial charge in [0.25, 0.3) is 5.91 Å². The molecule has 0 radical (unpaired) electrons. The zero-order chi connectivity index (χ0) is 21.0. The highest BCUT2D eigenvalue weighted by atomic mass is 16.5. The van der Waals surface area contributed by atoms with Crippen molar-refractivity contribution < 1.29 is 9.53 Å². The number of carbonyl (C=O) groups excluding carboxylic acids is 1. The summed E-state index contributed by atoms with van der Waals surface area (Å²) < 4.78 is 5.56. The lowest BCUT2D eigenvalue weighted by Crippen LogP contribution is -2.36. The van der Waals surface area contributed by atoms with Crippen LogP contribution in [0.2, 0.25) is 0 Å². The van der Waals surface area contributed by atoms with Crippen LogP contribution in [-0.2, 0) is 9.53 Å². The van der Waals surface area contributed by atoms with E-state index in [1.54, 1.807) is 0 Å². The zero-order valence-electron chi connectivity index (χ0n) is 17.3. The summed E-state index contributed by atoms with van der Waals surface area (Å²) in [7, 11) is 0. The van der Waals surface area contributed by atoms with E-state index in [2.05, 4.69) is 50.8 Å². The molecule has 0 bridgehead atoms. The Balaban J connectivity index is 1.47. The highest BCUT2D eigenvalue weighted by Gasteiger charge is 2.27. The van der Waals surface area contributed by atoms with Crippen LogP contribution in [0.4, 0.5) is 5.69 Å². The van der Waals surface area contributed by atoms with Crippen LogP contribution in [0.1, 0.15) is 24.0 Å². The Kier molecular flexibility index (Phi) is 5.46. The predicted molar refractivity (Wildman–Crippen MR) is 123 cm³/mol. The monoisotopic (exact) mass is 412 g/mol. The number of para-hydroxylation sites is 1. The summed E-state index contributed by atoms with van der Waals surface area (Å²) in [5.41, 5.74) is 6.82. The summed E-state index contributed by atoms with van der Waals surface area (Å²) in [6, 6.07) is 17.9. The molecule has 156 valence electrons. The number of ether oxygens (including phenoxy) is 1. The Morgan fingerprint density at radius 3 is 2.58 bits per heavy atom. The van der Waals surface area contributed by atoms with Gasteiger partial charge >= 0.3 is 0 Å². The molecular formula is C25H24N4O2. The first-order chi connectivity index (χ1) is 15.3. The molecule has 3 aliphatic rings. The Hall–Kier alpha value is -3.51. The van der Waals surface area contributed by atoms with Crippen molar-refractivity contribution >= 4 is 29.6 Å². The molecule has 31 heavy (non-hydrogen) atoms. The summed E-state index contributed by atoms with van der Waals surface area (Å²) in [5.74, 6) is -0.211. The van der Waals surface area contributed by atoms with E-state index < -0.39 is 0 Å². The fourth-order valence-electron chi connectivity index (χ4n) is 4.28. The molecule has 5 rings (SSSR count). The normalized spacial score (nSPS) is 21.4. The van der Waals surface area contributed by atoms with Crippen LogP contribution in [-0.4, -0.2) is 49.0 Å². The number of hydrogen-bond acceptors (Lipinski definition) is 5. The van der Waals surface area contributed by atoms with E-state index in [0.29, 0.717) is 5.71 Å². The Morgan fingerprint density at radius 1 is 0.968 bits per heavy atom. The standard InChI is InChI=1S/C25H24N4O2/c30-25-23(21-8-4-5-9-22(21)27-25)28-26-17-20-11-10-19(16-18-6-2-1-3-7-18)24(20)29-12-14-31-15-13-29/h1-9,16-17H,10-15H2,(H,27,28,30)/b19-16?,26-17-. The number of rotatable bonds is 4. The van der Waals surface area contributed by atoms with Crippen molar-refractivity contribution in [2.45, 2.75) is 12.8 Å². The van der Waals surface area contributed by atoms with E-state index in [1.165, 1.54) is 16.8 Å². The Morgan fingerprint density at radius 2 is 1.74 bits per heavy atom. The molecule has 1 amide bonds. The first-order valence-corrected chi connectivity index (χ1v) is 10.6. The van der Waals surface area contributed by atoms with Gasteiger partial charge in [0.05, 0.1) is 25.1 Å². The number of allylic oxidation sites excluding steroid dienone is 2. The van der Waals surface area contributed by atoms with Gasteiger partial charge < -0.3 is 15.0 Å². The minimum atomic E-state index is -0.211. The molecule has 1 aliphatic carbocycles. The second-order valence-electron chi connectivity index (χ2n) is 7.75. The maximum absolute atomic E-state index is 12.3. The van der Waals surface area contributed by atoms with Gasteiger partial charge in [0.1, 0.15) is 0 Å². The molecule has 2 heterocycles. The lowest BCUT2D eigenvalue weighted by molar-refractivity contribution is -0.110. The lowest BCUT2D eigenvalue weighted by atomic mass is 10.1. The van der Waals surface area contributed by atoms with Crippen molar-refractivity contribution in [1.29, 1.82) is 0 Å². The highest BCUT2D eigenvalue weighted by molar-refractivity contribution is 6.53. The van der Waals surface area contributed by atoms with E-state index >= 15 is 0 Å². The van der Waals surface area contributed by atoms with E-state index in [1.807, 2.05) is 36.5 Å². The smallest absolute Gasteiger partial charge is 0.276 e. The van der Waals surface area contributed by atoms with Crippen molar-refractivity contribution in [3.8, 4) is 0 Å². The minimum absolute atomic E-state index is 0.211. The summed E-state index contributed by atoms with van der Waals surface area (Å²) in [5, 5.41) is 11.4. The van der Waals surface area contributed by atoms with Crippen molar-refractivity contribution in [2.24, 2.45) is 10.2 Å². The number of morpholine rings is 1. The molecule has 0 saturated carbocycles. The second kappa shape index (κ2) is 8.70. The van der Waals surface area contributed by atoms with Gasteiger partial charge in [0.15, 0.2) is 5.71 Å². The average molecular weight is 412 g/mol. The minimum Gasteiger partial charge on any atom is -0.378 e. The molecule has 6 nitrogen and oxygen atoms in total.